The van der Waals surface area contributed by atoms with Crippen LogP contribution in [0.3, 0.4) is 0 Å². The number of hydrogen-bond acceptors (Lipinski definition) is 4. The third kappa shape index (κ3) is 4.55. The summed E-state index contributed by atoms with van der Waals surface area (Å²) >= 11 is 0. The zero-order valence-corrected chi connectivity index (χ0v) is 11.0. The van der Waals surface area contributed by atoms with Gasteiger partial charge in [-0.2, -0.15) is 13.2 Å². The Labute approximate surface area is 119 Å². The van der Waals surface area contributed by atoms with Crippen LogP contribution in [0.1, 0.15) is 5.56 Å². The van der Waals surface area contributed by atoms with E-state index in [1.165, 1.54) is 6.07 Å². The van der Waals surface area contributed by atoms with Gasteiger partial charge in [0.2, 0.25) is 0 Å². The van der Waals surface area contributed by atoms with Gasteiger partial charge in [-0.3, -0.25) is 0 Å². The molecule has 2 aromatic rings. The fourth-order valence-electron chi connectivity index (χ4n) is 1.62. The second-order valence-corrected chi connectivity index (χ2v) is 4.28. The van der Waals surface area contributed by atoms with Crippen molar-refractivity contribution in [1.82, 2.24) is 4.98 Å². The number of nitrogen functional groups attached to an aromatic ring is 1. The predicted molar refractivity (Wildman–Crippen MR) is 74.1 cm³/mol. The summed E-state index contributed by atoms with van der Waals surface area (Å²) in [5, 5.41) is 2.87. The van der Waals surface area contributed by atoms with E-state index in [1.807, 2.05) is 0 Å². The highest BCUT2D eigenvalue weighted by molar-refractivity contribution is 5.43. The van der Waals surface area contributed by atoms with Gasteiger partial charge >= 0.3 is 6.18 Å². The number of anilines is 2. The summed E-state index contributed by atoms with van der Waals surface area (Å²) in [6.45, 7) is 0.749. The molecule has 1 aromatic carbocycles. The molecule has 0 spiro atoms. The second kappa shape index (κ2) is 6.34. The number of nitrogens with zero attached hydrogens (tertiary/aromatic N) is 1. The first kappa shape index (κ1) is 15.0. The van der Waals surface area contributed by atoms with E-state index >= 15 is 0 Å². The van der Waals surface area contributed by atoms with Gasteiger partial charge in [0.1, 0.15) is 18.2 Å². The molecule has 3 N–H and O–H groups in total. The maximum absolute atomic E-state index is 12.4. The Kier molecular flexibility index (Phi) is 4.52. The molecule has 0 aliphatic carbocycles. The Morgan fingerprint density at radius 1 is 1.19 bits per heavy atom. The largest absolute Gasteiger partial charge is 0.492 e. The molecular weight excluding hydrogens is 283 g/mol. The zero-order chi connectivity index (χ0) is 15.3. The molecule has 0 aliphatic heterocycles. The van der Waals surface area contributed by atoms with E-state index in [4.69, 9.17) is 10.5 Å². The summed E-state index contributed by atoms with van der Waals surface area (Å²) in [5.74, 6) is 0.997. The topological polar surface area (TPSA) is 60.2 Å². The number of pyridine rings is 1. The third-order valence-electron chi connectivity index (χ3n) is 2.63. The molecule has 1 aromatic heterocycles. The number of nitrogens with two attached hydrogens (primary N) is 1. The Morgan fingerprint density at radius 3 is 2.62 bits per heavy atom. The minimum Gasteiger partial charge on any atom is -0.492 e. The maximum atomic E-state index is 12.4. The van der Waals surface area contributed by atoms with E-state index in [-0.39, 0.29) is 0 Å². The summed E-state index contributed by atoms with van der Waals surface area (Å²) < 4.78 is 42.5. The highest BCUT2D eigenvalue weighted by Crippen LogP contribution is 2.28. The maximum Gasteiger partial charge on any atom is 0.417 e. The van der Waals surface area contributed by atoms with Crippen LogP contribution in [0.25, 0.3) is 0 Å². The number of nitrogens with one attached hydrogen (secondary N) is 1. The van der Waals surface area contributed by atoms with Crippen LogP contribution in [-0.4, -0.2) is 18.1 Å². The van der Waals surface area contributed by atoms with Gasteiger partial charge in [-0.05, 0) is 24.3 Å². The van der Waals surface area contributed by atoms with Gasteiger partial charge in [0.15, 0.2) is 0 Å². The summed E-state index contributed by atoms with van der Waals surface area (Å²) in [5.41, 5.74) is 5.43. The van der Waals surface area contributed by atoms with Crippen LogP contribution >= 0.6 is 0 Å². The molecule has 0 unspecified atom stereocenters. The molecule has 7 heteroatoms. The van der Waals surface area contributed by atoms with E-state index in [1.54, 1.807) is 24.3 Å². The van der Waals surface area contributed by atoms with E-state index in [0.29, 0.717) is 30.4 Å². The van der Waals surface area contributed by atoms with Gasteiger partial charge in [-0.1, -0.05) is 6.07 Å². The predicted octanol–water partition coefficient (Wildman–Crippen LogP) is 3.17. The highest BCUT2D eigenvalue weighted by Gasteiger charge is 2.30. The number of ether oxygens (including phenoxy) is 1. The molecule has 0 radical (unpaired) electrons. The lowest BCUT2D eigenvalue weighted by Crippen LogP contribution is -2.13. The molecule has 0 saturated heterocycles. The summed E-state index contributed by atoms with van der Waals surface area (Å²) in [6.07, 6.45) is -3.58. The number of halogens is 3. The average Bonchev–Trinajstić information content (AvgIpc) is 2.43. The van der Waals surface area contributed by atoms with Crippen LogP contribution in [0.5, 0.6) is 5.75 Å². The molecule has 21 heavy (non-hydrogen) atoms. The molecule has 0 aliphatic rings. The van der Waals surface area contributed by atoms with Gasteiger partial charge in [-0.15, -0.1) is 0 Å². The van der Waals surface area contributed by atoms with Crippen molar-refractivity contribution >= 4 is 11.5 Å². The van der Waals surface area contributed by atoms with Crippen LogP contribution in [0.2, 0.25) is 0 Å². The molecule has 112 valence electrons. The first-order valence-electron chi connectivity index (χ1n) is 6.20. The number of benzene rings is 1. The molecule has 0 bridgehead atoms. The van der Waals surface area contributed by atoms with Crippen molar-refractivity contribution in [3.63, 3.8) is 0 Å². The molecule has 0 fully saturated rings. The van der Waals surface area contributed by atoms with Gasteiger partial charge in [0, 0.05) is 18.0 Å². The van der Waals surface area contributed by atoms with Crippen LogP contribution < -0.4 is 15.8 Å². The first-order valence-corrected chi connectivity index (χ1v) is 6.20. The quantitative estimate of drug-likeness (QED) is 0.657. The summed E-state index contributed by atoms with van der Waals surface area (Å²) in [7, 11) is 0. The van der Waals surface area contributed by atoms with E-state index in [0.717, 1.165) is 12.3 Å². The van der Waals surface area contributed by atoms with Crippen LogP contribution in [-0.2, 0) is 6.18 Å². The van der Waals surface area contributed by atoms with Crippen LogP contribution in [0, 0.1) is 0 Å². The Hall–Kier alpha value is -2.44. The minimum absolute atomic E-state index is 0.339. The monoisotopic (exact) mass is 297 g/mol. The summed E-state index contributed by atoms with van der Waals surface area (Å²) in [6, 6.07) is 9.24. The first-order chi connectivity index (χ1) is 9.95. The van der Waals surface area contributed by atoms with Crippen molar-refractivity contribution in [2.75, 3.05) is 24.2 Å². The van der Waals surface area contributed by atoms with Crippen molar-refractivity contribution in [2.45, 2.75) is 6.18 Å². The zero-order valence-electron chi connectivity index (χ0n) is 11.0. The third-order valence-corrected chi connectivity index (χ3v) is 2.63. The van der Waals surface area contributed by atoms with Crippen molar-refractivity contribution in [3.8, 4) is 5.75 Å². The van der Waals surface area contributed by atoms with Crippen molar-refractivity contribution < 1.29 is 17.9 Å². The Bertz CT molecular complexity index is 585. The molecule has 0 saturated carbocycles. The molecule has 1 heterocycles. The number of aromatic nitrogens is 1. The highest BCUT2D eigenvalue weighted by atomic mass is 19.4. The van der Waals surface area contributed by atoms with Crippen molar-refractivity contribution in [2.24, 2.45) is 0 Å². The standard InChI is InChI=1S/C14H14F3N3O/c15-14(16,17)10-4-5-13(20-9-10)19-6-7-21-12-3-1-2-11(18)8-12/h1-5,8-9H,6-7,18H2,(H,19,20). The molecule has 0 amide bonds. The second-order valence-electron chi connectivity index (χ2n) is 4.28. The van der Waals surface area contributed by atoms with Gasteiger partial charge in [0.05, 0.1) is 12.1 Å². The van der Waals surface area contributed by atoms with E-state index in [2.05, 4.69) is 10.3 Å². The SMILES string of the molecule is Nc1cccc(OCCNc2ccc(C(F)(F)F)cn2)c1. The van der Waals surface area contributed by atoms with Crippen molar-refractivity contribution in [3.05, 3.63) is 48.2 Å². The van der Waals surface area contributed by atoms with Gasteiger partial charge < -0.3 is 15.8 Å². The molecular formula is C14H14F3N3O. The molecule has 0 atom stereocenters. The van der Waals surface area contributed by atoms with Crippen LogP contribution in [0.15, 0.2) is 42.6 Å². The summed E-state index contributed by atoms with van der Waals surface area (Å²) in [4.78, 5) is 3.70. The Balaban J connectivity index is 1.79. The van der Waals surface area contributed by atoms with Gasteiger partial charge in [0.25, 0.3) is 0 Å². The van der Waals surface area contributed by atoms with E-state index in [9.17, 15) is 13.2 Å². The lowest BCUT2D eigenvalue weighted by atomic mass is 10.3. The van der Waals surface area contributed by atoms with Crippen molar-refractivity contribution in [1.29, 1.82) is 0 Å². The lowest BCUT2D eigenvalue weighted by molar-refractivity contribution is -0.137. The normalized spacial score (nSPS) is 11.2. The number of alkyl halides is 3. The average molecular weight is 297 g/mol. The fourth-order valence-corrected chi connectivity index (χ4v) is 1.62. The molecule has 2 rings (SSSR count). The number of rotatable bonds is 5. The van der Waals surface area contributed by atoms with Crippen LogP contribution in [0.4, 0.5) is 24.7 Å². The van der Waals surface area contributed by atoms with E-state index < -0.39 is 11.7 Å². The smallest absolute Gasteiger partial charge is 0.417 e. The fraction of sp³-hybridized carbons (Fsp3) is 0.214. The molecule has 4 nitrogen and oxygen atoms in total. The number of hydrogen-bond donors (Lipinski definition) is 2. The van der Waals surface area contributed by atoms with Gasteiger partial charge in [-0.25, -0.2) is 4.98 Å². The minimum atomic E-state index is -4.37. The Morgan fingerprint density at radius 2 is 2.00 bits per heavy atom. The lowest BCUT2D eigenvalue weighted by Gasteiger charge is -2.10.